The van der Waals surface area contributed by atoms with Gasteiger partial charge in [-0.2, -0.15) is 5.10 Å². The third kappa shape index (κ3) is 4.54. The number of aromatic amines is 1. The largest absolute Gasteiger partial charge is 0.357 e. The first-order chi connectivity index (χ1) is 14.8. The standard InChI is InChI=1S/C22H27ClN6O2/c1-14-9-20(28(3)26-14)21(30)29-8-4-5-18(13-29)27(2)22(31)24-12-17-11-15-10-16(23)6-7-19(15)25-17/h6-7,9-11,18,25H,4-5,8,12-13H2,1-3H3,(H,24,31). The lowest BCUT2D eigenvalue weighted by Gasteiger charge is -2.37. The van der Waals surface area contributed by atoms with Crippen molar-refractivity contribution in [2.24, 2.45) is 7.05 Å². The number of hydrogen-bond donors (Lipinski definition) is 2. The molecule has 0 aliphatic carbocycles. The number of rotatable bonds is 4. The minimum Gasteiger partial charge on any atom is -0.357 e. The highest BCUT2D eigenvalue weighted by atomic mass is 35.5. The van der Waals surface area contributed by atoms with E-state index < -0.39 is 0 Å². The molecule has 0 radical (unpaired) electrons. The molecule has 0 saturated carbocycles. The number of carbonyl (C=O) groups is 2. The first kappa shape index (κ1) is 21.2. The van der Waals surface area contributed by atoms with Crippen molar-refractivity contribution in [2.45, 2.75) is 32.4 Å². The number of fused-ring (bicyclic) bond motifs is 1. The van der Waals surface area contributed by atoms with E-state index >= 15 is 0 Å². The summed E-state index contributed by atoms with van der Waals surface area (Å²) < 4.78 is 1.62. The number of aromatic nitrogens is 3. The molecule has 3 heterocycles. The molecule has 31 heavy (non-hydrogen) atoms. The molecule has 3 aromatic rings. The number of nitrogens with one attached hydrogen (secondary N) is 2. The second-order valence-electron chi connectivity index (χ2n) is 8.14. The van der Waals surface area contributed by atoms with E-state index in [4.69, 9.17) is 11.6 Å². The number of hydrogen-bond acceptors (Lipinski definition) is 3. The fraction of sp³-hybridized carbons (Fsp3) is 0.409. The molecule has 1 aliphatic heterocycles. The van der Waals surface area contributed by atoms with Gasteiger partial charge in [0.2, 0.25) is 0 Å². The molecule has 2 aromatic heterocycles. The number of nitrogens with zero attached hydrogens (tertiary/aromatic N) is 4. The van der Waals surface area contributed by atoms with Crippen molar-refractivity contribution in [1.82, 2.24) is 29.9 Å². The van der Waals surface area contributed by atoms with Crippen LogP contribution < -0.4 is 5.32 Å². The highest BCUT2D eigenvalue weighted by Gasteiger charge is 2.30. The van der Waals surface area contributed by atoms with Gasteiger partial charge in [-0.1, -0.05) is 11.6 Å². The van der Waals surface area contributed by atoms with Crippen molar-refractivity contribution in [3.63, 3.8) is 0 Å². The maximum Gasteiger partial charge on any atom is 0.317 e. The average molecular weight is 443 g/mol. The fourth-order valence-corrected chi connectivity index (χ4v) is 4.33. The van der Waals surface area contributed by atoms with Crippen LogP contribution in [-0.2, 0) is 13.6 Å². The van der Waals surface area contributed by atoms with Gasteiger partial charge in [0.1, 0.15) is 5.69 Å². The van der Waals surface area contributed by atoms with Crippen molar-refractivity contribution >= 4 is 34.4 Å². The zero-order valence-electron chi connectivity index (χ0n) is 18.0. The van der Waals surface area contributed by atoms with Gasteiger partial charge in [-0.25, -0.2) is 4.79 Å². The molecule has 9 heteroatoms. The van der Waals surface area contributed by atoms with E-state index in [1.165, 1.54) is 0 Å². The van der Waals surface area contributed by atoms with Gasteiger partial charge in [0.15, 0.2) is 0 Å². The van der Waals surface area contributed by atoms with E-state index in [9.17, 15) is 9.59 Å². The number of likely N-dealkylation sites (N-methyl/N-ethyl adjacent to an activating group) is 1. The molecule has 3 amide bonds. The Labute approximate surface area is 186 Å². The predicted octanol–water partition coefficient (Wildman–Crippen LogP) is 3.31. The molecule has 0 bridgehead atoms. The summed E-state index contributed by atoms with van der Waals surface area (Å²) in [5.41, 5.74) is 3.28. The smallest absolute Gasteiger partial charge is 0.317 e. The summed E-state index contributed by atoms with van der Waals surface area (Å²) in [6, 6.07) is 9.24. The molecule has 1 fully saturated rings. The van der Waals surface area contributed by atoms with Crippen LogP contribution in [0.5, 0.6) is 0 Å². The Bertz CT molecular complexity index is 1120. The SMILES string of the molecule is Cc1cc(C(=O)N2CCCC(N(C)C(=O)NCc3cc4cc(Cl)ccc4[nH]3)C2)n(C)n1. The lowest BCUT2D eigenvalue weighted by molar-refractivity contribution is 0.0625. The normalized spacial score (nSPS) is 16.5. The lowest BCUT2D eigenvalue weighted by Crippen LogP contribution is -2.52. The van der Waals surface area contributed by atoms with Crippen LogP contribution in [0.3, 0.4) is 0 Å². The molecule has 1 aromatic carbocycles. The summed E-state index contributed by atoms with van der Waals surface area (Å²) in [4.78, 5) is 32.5. The van der Waals surface area contributed by atoms with Crippen molar-refractivity contribution in [3.8, 4) is 0 Å². The second-order valence-corrected chi connectivity index (χ2v) is 8.57. The molecule has 8 nitrogen and oxygen atoms in total. The van der Waals surface area contributed by atoms with Crippen LogP contribution >= 0.6 is 11.6 Å². The predicted molar refractivity (Wildman–Crippen MR) is 120 cm³/mol. The minimum absolute atomic E-state index is 0.0338. The Balaban J connectivity index is 1.36. The minimum atomic E-state index is -0.160. The molecule has 2 N–H and O–H groups in total. The summed E-state index contributed by atoms with van der Waals surface area (Å²) in [5.74, 6) is -0.0432. The van der Waals surface area contributed by atoms with E-state index in [1.807, 2.05) is 36.1 Å². The second kappa shape index (κ2) is 8.63. The molecule has 1 unspecified atom stereocenters. The van der Waals surface area contributed by atoms with Crippen molar-refractivity contribution in [1.29, 1.82) is 0 Å². The maximum atomic E-state index is 12.9. The van der Waals surface area contributed by atoms with Crippen LogP contribution in [0.25, 0.3) is 10.9 Å². The number of piperidine rings is 1. The number of H-pyrrole nitrogens is 1. The van der Waals surface area contributed by atoms with Crippen molar-refractivity contribution in [3.05, 3.63) is 52.4 Å². The molecule has 1 aliphatic rings. The highest BCUT2D eigenvalue weighted by Crippen LogP contribution is 2.21. The summed E-state index contributed by atoms with van der Waals surface area (Å²) in [6.45, 7) is 3.46. The van der Waals surface area contributed by atoms with Crippen LogP contribution in [0.1, 0.15) is 34.7 Å². The van der Waals surface area contributed by atoms with Gasteiger partial charge in [0.25, 0.3) is 5.91 Å². The van der Waals surface area contributed by atoms with Gasteiger partial charge in [0, 0.05) is 48.8 Å². The Kier molecular flexibility index (Phi) is 5.91. The van der Waals surface area contributed by atoms with Gasteiger partial charge >= 0.3 is 6.03 Å². The van der Waals surface area contributed by atoms with E-state index in [2.05, 4.69) is 15.4 Å². The number of urea groups is 1. The molecule has 4 rings (SSSR count). The molecule has 1 atom stereocenters. The molecule has 1 saturated heterocycles. The van der Waals surface area contributed by atoms with Crippen LogP contribution in [0.15, 0.2) is 30.3 Å². The Morgan fingerprint density at radius 1 is 1.32 bits per heavy atom. The zero-order chi connectivity index (χ0) is 22.1. The molecular weight excluding hydrogens is 416 g/mol. The van der Waals surface area contributed by atoms with E-state index in [0.29, 0.717) is 30.4 Å². The topological polar surface area (TPSA) is 86.3 Å². The summed E-state index contributed by atoms with van der Waals surface area (Å²) in [7, 11) is 3.56. The van der Waals surface area contributed by atoms with Crippen molar-refractivity contribution in [2.75, 3.05) is 20.1 Å². The number of likely N-dealkylation sites (tertiary alicyclic amines) is 1. The molecule has 164 valence electrons. The van der Waals surface area contributed by atoms with E-state index in [1.54, 1.807) is 29.7 Å². The first-order valence-electron chi connectivity index (χ1n) is 10.4. The van der Waals surface area contributed by atoms with Crippen LogP contribution in [-0.4, -0.2) is 62.7 Å². The van der Waals surface area contributed by atoms with Gasteiger partial charge < -0.3 is 20.1 Å². The third-order valence-corrected chi connectivity index (χ3v) is 6.08. The van der Waals surface area contributed by atoms with E-state index in [-0.39, 0.29) is 18.0 Å². The maximum absolute atomic E-state index is 12.9. The van der Waals surface area contributed by atoms with Crippen molar-refractivity contribution < 1.29 is 9.59 Å². The summed E-state index contributed by atoms with van der Waals surface area (Å²) >= 11 is 6.04. The zero-order valence-corrected chi connectivity index (χ0v) is 18.7. The number of carbonyl (C=O) groups excluding carboxylic acids is 2. The first-order valence-corrected chi connectivity index (χ1v) is 10.8. The average Bonchev–Trinajstić information content (AvgIpc) is 3.32. The van der Waals surface area contributed by atoms with Gasteiger partial charge in [-0.05, 0) is 50.1 Å². The molecule has 0 spiro atoms. The van der Waals surface area contributed by atoms with Gasteiger partial charge in [0.05, 0.1) is 18.3 Å². The Hall–Kier alpha value is -3.00. The molecular formula is C22H27ClN6O2. The highest BCUT2D eigenvalue weighted by molar-refractivity contribution is 6.31. The fourth-order valence-electron chi connectivity index (χ4n) is 4.15. The van der Waals surface area contributed by atoms with E-state index in [0.717, 1.165) is 35.1 Å². The Morgan fingerprint density at radius 3 is 2.87 bits per heavy atom. The number of amides is 3. The van der Waals surface area contributed by atoms with Gasteiger partial charge in [-0.3, -0.25) is 9.48 Å². The third-order valence-electron chi connectivity index (χ3n) is 5.84. The number of benzene rings is 1. The number of halogens is 1. The van der Waals surface area contributed by atoms with Crippen LogP contribution in [0.2, 0.25) is 5.02 Å². The Morgan fingerprint density at radius 2 is 2.13 bits per heavy atom. The lowest BCUT2D eigenvalue weighted by atomic mass is 10.0. The summed E-state index contributed by atoms with van der Waals surface area (Å²) in [5, 5.41) is 8.92. The quantitative estimate of drug-likeness (QED) is 0.649. The number of aryl methyl sites for hydroxylation is 2. The van der Waals surface area contributed by atoms with Crippen LogP contribution in [0, 0.1) is 6.92 Å². The van der Waals surface area contributed by atoms with Gasteiger partial charge in [-0.15, -0.1) is 0 Å². The monoisotopic (exact) mass is 442 g/mol. The summed E-state index contributed by atoms with van der Waals surface area (Å²) in [6.07, 6.45) is 1.72. The van der Waals surface area contributed by atoms with Crippen LogP contribution in [0.4, 0.5) is 4.79 Å².